The number of quaternary nitrogens is 1. The van der Waals surface area contributed by atoms with Crippen LogP contribution in [0.5, 0.6) is 11.5 Å². The van der Waals surface area contributed by atoms with Crippen molar-refractivity contribution in [3.63, 3.8) is 0 Å². The van der Waals surface area contributed by atoms with Gasteiger partial charge in [-0.15, -0.1) is 0 Å². The number of carbonyl (C=O) groups excluding carboxylic acids is 1. The van der Waals surface area contributed by atoms with E-state index in [4.69, 9.17) is 9.47 Å². The van der Waals surface area contributed by atoms with Crippen LogP contribution in [0.2, 0.25) is 0 Å². The SMILES string of the molecule is COc1cc(C(C)=O)ccc1OCCC[NH+]1CCCC[C@@H]1c1cccnc1. The van der Waals surface area contributed by atoms with Crippen LogP contribution in [-0.4, -0.2) is 37.6 Å². The molecule has 0 bridgehead atoms. The molecule has 3 rings (SSSR count). The lowest BCUT2D eigenvalue weighted by Gasteiger charge is -2.32. The first-order chi connectivity index (χ1) is 13.2. The molecule has 1 fully saturated rings. The van der Waals surface area contributed by atoms with Crippen molar-refractivity contribution in [3.05, 3.63) is 53.9 Å². The zero-order valence-electron chi connectivity index (χ0n) is 16.2. The third kappa shape index (κ3) is 5.07. The van der Waals surface area contributed by atoms with Gasteiger partial charge in [-0.3, -0.25) is 9.78 Å². The summed E-state index contributed by atoms with van der Waals surface area (Å²) in [4.78, 5) is 17.4. The maximum absolute atomic E-state index is 11.5. The molecule has 1 aromatic heterocycles. The van der Waals surface area contributed by atoms with Gasteiger partial charge >= 0.3 is 0 Å². The van der Waals surface area contributed by atoms with Crippen molar-refractivity contribution >= 4 is 5.78 Å². The van der Waals surface area contributed by atoms with Crippen molar-refractivity contribution in [3.8, 4) is 11.5 Å². The molecule has 0 aliphatic carbocycles. The van der Waals surface area contributed by atoms with E-state index in [1.807, 2.05) is 24.5 Å². The molecule has 144 valence electrons. The quantitative estimate of drug-likeness (QED) is 0.574. The zero-order valence-corrected chi connectivity index (χ0v) is 16.2. The van der Waals surface area contributed by atoms with Crippen LogP contribution in [0.4, 0.5) is 0 Å². The second-order valence-electron chi connectivity index (χ2n) is 7.12. The first kappa shape index (κ1) is 19.4. The normalized spacial score (nSPS) is 19.5. The number of carbonyl (C=O) groups is 1. The number of likely N-dealkylation sites (tertiary alicyclic amines) is 1. The number of ether oxygens (including phenoxy) is 2. The Balaban J connectivity index is 1.54. The third-order valence-corrected chi connectivity index (χ3v) is 5.29. The van der Waals surface area contributed by atoms with Crippen molar-refractivity contribution < 1.29 is 19.2 Å². The Morgan fingerprint density at radius 2 is 2.15 bits per heavy atom. The number of hydrogen-bond donors (Lipinski definition) is 1. The highest BCUT2D eigenvalue weighted by atomic mass is 16.5. The predicted octanol–water partition coefficient (Wildman–Crippen LogP) is 2.87. The maximum atomic E-state index is 11.5. The highest BCUT2D eigenvalue weighted by molar-refractivity contribution is 5.94. The van der Waals surface area contributed by atoms with E-state index in [1.54, 1.807) is 31.1 Å². The number of nitrogens with one attached hydrogen (secondary N) is 1. The summed E-state index contributed by atoms with van der Waals surface area (Å²) in [5.74, 6) is 1.33. The molecular weight excluding hydrogens is 340 g/mol. The number of nitrogens with zero attached hydrogens (tertiary/aromatic N) is 1. The van der Waals surface area contributed by atoms with Crippen LogP contribution in [0.1, 0.15) is 54.6 Å². The number of Topliss-reactive ketones (excluding diaryl/α,β-unsaturated/α-hetero) is 1. The van der Waals surface area contributed by atoms with E-state index in [2.05, 4.69) is 11.1 Å². The fourth-order valence-electron chi connectivity index (χ4n) is 3.85. The smallest absolute Gasteiger partial charge is 0.161 e. The minimum Gasteiger partial charge on any atom is -0.493 e. The molecule has 27 heavy (non-hydrogen) atoms. The van der Waals surface area contributed by atoms with Gasteiger partial charge in [0, 0.05) is 36.4 Å². The highest BCUT2D eigenvalue weighted by Crippen LogP contribution is 2.28. The molecule has 2 aromatic rings. The second kappa shape index (κ2) is 9.51. The molecule has 1 aliphatic heterocycles. The molecule has 0 amide bonds. The molecule has 0 radical (unpaired) electrons. The third-order valence-electron chi connectivity index (χ3n) is 5.29. The second-order valence-corrected chi connectivity index (χ2v) is 7.12. The van der Waals surface area contributed by atoms with Crippen LogP contribution >= 0.6 is 0 Å². The molecule has 1 N–H and O–H groups in total. The molecular formula is C22H29N2O3+. The summed E-state index contributed by atoms with van der Waals surface area (Å²) in [6.07, 6.45) is 8.62. The average molecular weight is 369 g/mol. The van der Waals surface area contributed by atoms with E-state index in [0.29, 0.717) is 29.7 Å². The van der Waals surface area contributed by atoms with Crippen LogP contribution < -0.4 is 14.4 Å². The predicted molar refractivity (Wildman–Crippen MR) is 105 cm³/mol. The summed E-state index contributed by atoms with van der Waals surface area (Å²) in [7, 11) is 1.60. The topological polar surface area (TPSA) is 52.9 Å². The molecule has 5 heteroatoms. The van der Waals surface area contributed by atoms with E-state index < -0.39 is 0 Å². The van der Waals surface area contributed by atoms with Crippen LogP contribution in [0, 0.1) is 0 Å². The van der Waals surface area contributed by atoms with Gasteiger partial charge in [-0.2, -0.15) is 0 Å². The Hall–Kier alpha value is -2.40. The Morgan fingerprint density at radius 1 is 1.26 bits per heavy atom. The first-order valence-corrected chi connectivity index (χ1v) is 9.75. The number of piperidine rings is 1. The number of aromatic nitrogens is 1. The number of pyridine rings is 1. The van der Waals surface area contributed by atoms with E-state index in [9.17, 15) is 4.79 Å². The van der Waals surface area contributed by atoms with Gasteiger partial charge in [-0.25, -0.2) is 0 Å². The molecule has 0 saturated carbocycles. The molecule has 1 saturated heterocycles. The molecule has 2 atom stereocenters. The van der Waals surface area contributed by atoms with Gasteiger partial charge in [0.1, 0.15) is 6.04 Å². The van der Waals surface area contributed by atoms with Gasteiger partial charge in [0.2, 0.25) is 0 Å². The molecule has 1 unspecified atom stereocenters. The summed E-state index contributed by atoms with van der Waals surface area (Å²) in [6.45, 7) is 4.47. The average Bonchev–Trinajstić information content (AvgIpc) is 2.72. The summed E-state index contributed by atoms with van der Waals surface area (Å²) in [5, 5.41) is 0. The lowest BCUT2D eigenvalue weighted by Crippen LogP contribution is -3.13. The van der Waals surface area contributed by atoms with Crippen molar-refractivity contribution in [2.45, 2.75) is 38.6 Å². The molecule has 1 aliphatic rings. The molecule has 0 spiro atoms. The van der Waals surface area contributed by atoms with Crippen molar-refractivity contribution in [1.29, 1.82) is 0 Å². The fourth-order valence-corrected chi connectivity index (χ4v) is 3.85. The van der Waals surface area contributed by atoms with Crippen LogP contribution in [0.25, 0.3) is 0 Å². The molecule has 2 heterocycles. The van der Waals surface area contributed by atoms with E-state index in [-0.39, 0.29) is 5.78 Å². The standard InChI is InChI=1S/C22H28N2O3/c1-17(25)18-9-10-21(22(15-18)26-2)27-14-6-13-24-12-4-3-8-20(24)19-7-5-11-23-16-19/h5,7,9-11,15-16,20H,3-4,6,8,12-14H2,1-2H3/p+1/t20-/m1/s1. The number of ketones is 1. The number of benzene rings is 1. The summed E-state index contributed by atoms with van der Waals surface area (Å²) >= 11 is 0. The van der Waals surface area contributed by atoms with Crippen LogP contribution in [0.15, 0.2) is 42.7 Å². The number of hydrogen-bond acceptors (Lipinski definition) is 4. The summed E-state index contributed by atoms with van der Waals surface area (Å²) < 4.78 is 11.3. The van der Waals surface area contributed by atoms with Gasteiger partial charge in [0.05, 0.1) is 26.8 Å². The Morgan fingerprint density at radius 3 is 2.89 bits per heavy atom. The van der Waals surface area contributed by atoms with E-state index in [0.717, 1.165) is 13.0 Å². The largest absolute Gasteiger partial charge is 0.493 e. The minimum atomic E-state index is 0.0231. The van der Waals surface area contributed by atoms with Gasteiger partial charge < -0.3 is 14.4 Å². The van der Waals surface area contributed by atoms with Gasteiger partial charge in [-0.1, -0.05) is 6.07 Å². The summed E-state index contributed by atoms with van der Waals surface area (Å²) in [5.41, 5.74) is 1.98. The monoisotopic (exact) mass is 369 g/mol. The lowest BCUT2D eigenvalue weighted by molar-refractivity contribution is -0.937. The van der Waals surface area contributed by atoms with Gasteiger partial charge in [0.15, 0.2) is 17.3 Å². The zero-order chi connectivity index (χ0) is 19.1. The van der Waals surface area contributed by atoms with Crippen LogP contribution in [-0.2, 0) is 0 Å². The van der Waals surface area contributed by atoms with Crippen molar-refractivity contribution in [2.75, 3.05) is 26.8 Å². The van der Waals surface area contributed by atoms with Crippen molar-refractivity contribution in [2.24, 2.45) is 0 Å². The minimum absolute atomic E-state index is 0.0231. The van der Waals surface area contributed by atoms with E-state index in [1.165, 1.54) is 31.4 Å². The lowest BCUT2D eigenvalue weighted by atomic mass is 9.96. The highest BCUT2D eigenvalue weighted by Gasteiger charge is 2.27. The van der Waals surface area contributed by atoms with Crippen molar-refractivity contribution in [1.82, 2.24) is 4.98 Å². The maximum Gasteiger partial charge on any atom is 0.161 e. The van der Waals surface area contributed by atoms with E-state index >= 15 is 0 Å². The number of rotatable bonds is 8. The Labute approximate surface area is 161 Å². The molecule has 5 nitrogen and oxygen atoms in total. The van der Waals surface area contributed by atoms with Gasteiger partial charge in [-0.05, 0) is 44.0 Å². The molecule has 1 aromatic carbocycles. The first-order valence-electron chi connectivity index (χ1n) is 9.75. The Kier molecular flexibility index (Phi) is 6.82. The van der Waals surface area contributed by atoms with Crippen LogP contribution in [0.3, 0.4) is 0 Å². The van der Waals surface area contributed by atoms with Gasteiger partial charge in [0.25, 0.3) is 0 Å². The fraction of sp³-hybridized carbons (Fsp3) is 0.455. The number of methoxy groups -OCH3 is 1. The summed E-state index contributed by atoms with van der Waals surface area (Å²) in [6, 6.07) is 10.1. The Bertz CT molecular complexity index is 748.